The van der Waals surface area contributed by atoms with Crippen molar-refractivity contribution in [2.45, 2.75) is 64.7 Å². The lowest BCUT2D eigenvalue weighted by Crippen LogP contribution is -2.42. The summed E-state index contributed by atoms with van der Waals surface area (Å²) in [5.74, 6) is 3.45. The van der Waals surface area contributed by atoms with E-state index in [0.717, 1.165) is 24.1 Å². The summed E-state index contributed by atoms with van der Waals surface area (Å²) in [6, 6.07) is 6.95. The minimum Gasteiger partial charge on any atom is -0.200 e. The third-order valence-electron chi connectivity index (χ3n) is 7.53. The van der Waals surface area contributed by atoms with Gasteiger partial charge in [0.15, 0.2) is 0 Å². The zero-order valence-corrected chi connectivity index (χ0v) is 18.9. The highest BCUT2D eigenvalue weighted by Crippen LogP contribution is 2.54. The van der Waals surface area contributed by atoms with E-state index in [4.69, 9.17) is 0 Å². The molecule has 1 aromatic carbocycles. The van der Waals surface area contributed by atoms with Gasteiger partial charge in [0.1, 0.15) is 0 Å². The summed E-state index contributed by atoms with van der Waals surface area (Å²) in [4.78, 5) is 2.86. The number of aryl methyl sites for hydroxylation is 1. The minimum absolute atomic E-state index is 0.278. The molecule has 2 fully saturated rings. The molecule has 1 aromatic rings. The van der Waals surface area contributed by atoms with E-state index in [9.17, 15) is 8.42 Å². The molecule has 3 aliphatic carbocycles. The molecule has 4 rings (SSSR count). The molecule has 4 nitrogen and oxygen atoms in total. The fourth-order valence-electron chi connectivity index (χ4n) is 6.01. The number of hydrazone groups is 1. The molecule has 0 aromatic heterocycles. The highest BCUT2D eigenvalue weighted by molar-refractivity contribution is 7.89. The molecule has 0 spiro atoms. The lowest BCUT2D eigenvalue weighted by atomic mass is 9.61. The SMILES string of the molecule is CC1=C[C@H]2[C@@H](CC1)C/C(=N\NS(=O)(=O)c1ccc(C)cc1)[C@H]1[C@H]2CC[C@@H]1C(C)C. The first-order valence-electron chi connectivity index (χ1n) is 11.1. The maximum Gasteiger partial charge on any atom is 0.276 e. The topological polar surface area (TPSA) is 58.5 Å². The normalized spacial score (nSPS) is 33.3. The van der Waals surface area contributed by atoms with Gasteiger partial charge in [-0.25, -0.2) is 4.83 Å². The smallest absolute Gasteiger partial charge is 0.200 e. The Balaban J connectivity index is 1.63. The molecule has 5 atom stereocenters. The number of benzene rings is 1. The Labute approximate surface area is 175 Å². The molecule has 158 valence electrons. The van der Waals surface area contributed by atoms with Crippen molar-refractivity contribution >= 4 is 15.7 Å². The van der Waals surface area contributed by atoms with Gasteiger partial charge in [-0.05, 0) is 87.7 Å². The molecule has 0 bridgehead atoms. The van der Waals surface area contributed by atoms with E-state index in [2.05, 4.69) is 36.8 Å². The van der Waals surface area contributed by atoms with Crippen molar-refractivity contribution < 1.29 is 8.42 Å². The second kappa shape index (κ2) is 7.90. The van der Waals surface area contributed by atoms with E-state index in [1.807, 2.05) is 19.1 Å². The fourth-order valence-corrected chi connectivity index (χ4v) is 6.85. The van der Waals surface area contributed by atoms with Gasteiger partial charge in [-0.2, -0.15) is 13.5 Å². The van der Waals surface area contributed by atoms with Crippen molar-refractivity contribution in [3.05, 3.63) is 41.5 Å². The largest absolute Gasteiger partial charge is 0.276 e. The van der Waals surface area contributed by atoms with E-state index in [-0.39, 0.29) is 4.90 Å². The summed E-state index contributed by atoms with van der Waals surface area (Å²) in [7, 11) is -3.63. The second-order valence-electron chi connectivity index (χ2n) is 9.78. The zero-order chi connectivity index (χ0) is 20.8. The number of nitrogens with zero attached hydrogens (tertiary/aromatic N) is 1. The van der Waals surface area contributed by atoms with Gasteiger partial charge in [0.25, 0.3) is 10.0 Å². The lowest BCUT2D eigenvalue weighted by molar-refractivity contribution is 0.185. The molecule has 0 amide bonds. The van der Waals surface area contributed by atoms with Crippen LogP contribution in [0.15, 0.2) is 45.9 Å². The van der Waals surface area contributed by atoms with Crippen LogP contribution in [0.2, 0.25) is 0 Å². The van der Waals surface area contributed by atoms with Crippen LogP contribution in [0.1, 0.15) is 58.4 Å². The lowest BCUT2D eigenvalue weighted by Gasteiger charge is -2.44. The van der Waals surface area contributed by atoms with E-state index >= 15 is 0 Å². The molecular formula is C24H34N2O2S. The third kappa shape index (κ3) is 4.03. The number of rotatable bonds is 4. The van der Waals surface area contributed by atoms with Crippen LogP contribution in [0.3, 0.4) is 0 Å². The van der Waals surface area contributed by atoms with Gasteiger partial charge >= 0.3 is 0 Å². The van der Waals surface area contributed by atoms with Gasteiger partial charge in [-0.3, -0.25) is 0 Å². The van der Waals surface area contributed by atoms with Gasteiger partial charge in [0.05, 0.1) is 4.90 Å². The molecule has 29 heavy (non-hydrogen) atoms. The van der Waals surface area contributed by atoms with Crippen LogP contribution in [0.5, 0.6) is 0 Å². The predicted molar refractivity (Wildman–Crippen MR) is 118 cm³/mol. The zero-order valence-electron chi connectivity index (χ0n) is 18.1. The molecule has 5 heteroatoms. The van der Waals surface area contributed by atoms with E-state index in [1.165, 1.54) is 24.8 Å². The van der Waals surface area contributed by atoms with Crippen LogP contribution in [0.4, 0.5) is 0 Å². The Morgan fingerprint density at radius 2 is 1.79 bits per heavy atom. The van der Waals surface area contributed by atoms with Gasteiger partial charge in [-0.1, -0.05) is 43.2 Å². The Bertz CT molecular complexity index is 915. The maximum absolute atomic E-state index is 12.8. The van der Waals surface area contributed by atoms with Crippen LogP contribution >= 0.6 is 0 Å². The number of fused-ring (bicyclic) bond motifs is 3. The average molecular weight is 415 g/mol. The highest BCUT2D eigenvalue weighted by Gasteiger charge is 2.49. The number of sulfonamides is 1. The Hall–Kier alpha value is -1.62. The van der Waals surface area contributed by atoms with Crippen LogP contribution in [-0.4, -0.2) is 14.1 Å². The summed E-state index contributed by atoms with van der Waals surface area (Å²) in [5, 5.41) is 4.60. The number of nitrogens with one attached hydrogen (secondary N) is 1. The molecule has 0 heterocycles. The summed E-state index contributed by atoms with van der Waals surface area (Å²) in [5.41, 5.74) is 3.66. The third-order valence-corrected chi connectivity index (χ3v) is 8.76. The molecule has 0 saturated heterocycles. The minimum atomic E-state index is -3.63. The summed E-state index contributed by atoms with van der Waals surface area (Å²) < 4.78 is 25.6. The first-order chi connectivity index (χ1) is 13.8. The summed E-state index contributed by atoms with van der Waals surface area (Å²) in [6.07, 6.45) is 8.28. The van der Waals surface area contributed by atoms with Crippen LogP contribution in [0, 0.1) is 42.4 Å². The first kappa shape index (κ1) is 20.6. The Morgan fingerprint density at radius 3 is 2.48 bits per heavy atom. The van der Waals surface area contributed by atoms with Gasteiger partial charge in [0, 0.05) is 11.6 Å². The van der Waals surface area contributed by atoms with Gasteiger partial charge in [-0.15, -0.1) is 0 Å². The number of hydrogen-bond acceptors (Lipinski definition) is 3. The van der Waals surface area contributed by atoms with Gasteiger partial charge < -0.3 is 0 Å². The monoisotopic (exact) mass is 414 g/mol. The Morgan fingerprint density at radius 1 is 1.07 bits per heavy atom. The van der Waals surface area contributed by atoms with E-state index < -0.39 is 10.0 Å². The summed E-state index contributed by atoms with van der Waals surface area (Å²) in [6.45, 7) is 8.82. The quantitative estimate of drug-likeness (QED) is 0.536. The van der Waals surface area contributed by atoms with Crippen LogP contribution in [0.25, 0.3) is 0 Å². The van der Waals surface area contributed by atoms with Crippen molar-refractivity contribution in [3.8, 4) is 0 Å². The highest BCUT2D eigenvalue weighted by atomic mass is 32.2. The molecular weight excluding hydrogens is 380 g/mol. The molecule has 2 saturated carbocycles. The van der Waals surface area contributed by atoms with Crippen molar-refractivity contribution in [1.29, 1.82) is 0 Å². The molecule has 3 aliphatic rings. The standard InChI is InChI=1S/C24H34N2O2S/c1-15(2)20-11-12-21-22-13-17(4)5-8-18(22)14-23(24(20)21)25-26-29(27,28)19-9-6-16(3)7-10-19/h6-7,9-10,13,15,18,20-22,24,26H,5,8,11-12,14H2,1-4H3/b25-23+/t18-,20+,21-,22-,24+/m0/s1. The maximum atomic E-state index is 12.8. The van der Waals surface area contributed by atoms with Crippen molar-refractivity contribution in [1.82, 2.24) is 4.83 Å². The van der Waals surface area contributed by atoms with Crippen LogP contribution in [-0.2, 0) is 10.0 Å². The van der Waals surface area contributed by atoms with Crippen molar-refractivity contribution in [3.63, 3.8) is 0 Å². The number of hydrogen-bond donors (Lipinski definition) is 1. The second-order valence-corrected chi connectivity index (χ2v) is 11.4. The van der Waals surface area contributed by atoms with Crippen molar-refractivity contribution in [2.75, 3.05) is 0 Å². The molecule has 0 radical (unpaired) electrons. The first-order valence-corrected chi connectivity index (χ1v) is 12.6. The molecule has 1 N–H and O–H groups in total. The van der Waals surface area contributed by atoms with Gasteiger partial charge in [0.2, 0.25) is 0 Å². The van der Waals surface area contributed by atoms with Crippen LogP contribution < -0.4 is 4.83 Å². The summed E-state index contributed by atoms with van der Waals surface area (Å²) >= 11 is 0. The van der Waals surface area contributed by atoms with E-state index in [1.54, 1.807) is 12.1 Å². The average Bonchev–Trinajstić information content (AvgIpc) is 3.13. The molecule has 0 unspecified atom stereocenters. The Kier molecular flexibility index (Phi) is 5.62. The number of allylic oxidation sites excluding steroid dienone is 2. The predicted octanol–water partition coefficient (Wildman–Crippen LogP) is 5.30. The molecule has 0 aliphatic heterocycles. The fraction of sp³-hybridized carbons (Fsp3) is 0.625. The van der Waals surface area contributed by atoms with E-state index in [0.29, 0.717) is 35.5 Å². The van der Waals surface area contributed by atoms with Crippen molar-refractivity contribution in [2.24, 2.45) is 40.6 Å².